The minimum absolute atomic E-state index is 0.116. The van der Waals surface area contributed by atoms with Crippen molar-refractivity contribution in [3.8, 4) is 11.8 Å². The van der Waals surface area contributed by atoms with Gasteiger partial charge in [-0.3, -0.25) is 0 Å². The summed E-state index contributed by atoms with van der Waals surface area (Å²) < 4.78 is 37.4. The van der Waals surface area contributed by atoms with Crippen LogP contribution in [0.2, 0.25) is 0 Å². The molecule has 3 rings (SSSR count). The van der Waals surface area contributed by atoms with Gasteiger partial charge in [-0.05, 0) is 25.7 Å². The smallest absolute Gasteiger partial charge is 0.232 e. The van der Waals surface area contributed by atoms with E-state index in [1.165, 1.54) is 14.2 Å². The third-order valence-corrected chi connectivity index (χ3v) is 6.09. The van der Waals surface area contributed by atoms with Crippen molar-refractivity contribution in [1.82, 2.24) is 14.7 Å². The summed E-state index contributed by atoms with van der Waals surface area (Å²) in [4.78, 5) is 10.6. The van der Waals surface area contributed by atoms with Crippen LogP contribution in [-0.4, -0.2) is 57.0 Å². The summed E-state index contributed by atoms with van der Waals surface area (Å²) in [6.07, 6.45) is 3.23. The zero-order valence-electron chi connectivity index (χ0n) is 13.4. The first-order valence-corrected chi connectivity index (χ1v) is 9.29. The molecule has 9 heteroatoms. The maximum atomic E-state index is 12.1. The standard InChI is InChI=1S/C14H22N4O4S/c1-21-12-8-13(22-2)16-14(15-12)18-7-3-4-10(9-18)17-23(19,20)11-5-6-11/h8,10-11,17H,3-7,9H2,1-2H3. The number of anilines is 1. The molecule has 23 heavy (non-hydrogen) atoms. The van der Waals surface area contributed by atoms with Crippen LogP contribution < -0.4 is 19.1 Å². The second-order valence-corrected chi connectivity index (χ2v) is 7.89. The van der Waals surface area contributed by atoms with Gasteiger partial charge in [-0.25, -0.2) is 13.1 Å². The molecule has 2 fully saturated rings. The Morgan fingerprint density at radius 3 is 2.39 bits per heavy atom. The van der Waals surface area contributed by atoms with Crippen molar-refractivity contribution < 1.29 is 17.9 Å². The number of hydrogen-bond donors (Lipinski definition) is 1. The molecule has 0 amide bonds. The van der Waals surface area contributed by atoms with E-state index >= 15 is 0 Å². The van der Waals surface area contributed by atoms with Crippen molar-refractivity contribution in [3.63, 3.8) is 0 Å². The van der Waals surface area contributed by atoms with Crippen LogP contribution in [0.15, 0.2) is 6.07 Å². The number of nitrogens with one attached hydrogen (secondary N) is 1. The maximum Gasteiger partial charge on any atom is 0.232 e. The fraction of sp³-hybridized carbons (Fsp3) is 0.714. The molecule has 1 saturated heterocycles. The van der Waals surface area contributed by atoms with Gasteiger partial charge in [-0.2, -0.15) is 9.97 Å². The minimum atomic E-state index is -3.18. The van der Waals surface area contributed by atoms with E-state index in [4.69, 9.17) is 9.47 Å². The summed E-state index contributed by atoms with van der Waals surface area (Å²) in [5, 5.41) is -0.203. The van der Waals surface area contributed by atoms with Gasteiger partial charge in [0, 0.05) is 19.1 Å². The first kappa shape index (κ1) is 16.3. The molecule has 0 aromatic carbocycles. The molecule has 1 aliphatic carbocycles. The Labute approximate surface area is 136 Å². The number of piperidine rings is 1. The van der Waals surface area contributed by atoms with Crippen LogP contribution in [0.4, 0.5) is 5.95 Å². The van der Waals surface area contributed by atoms with Gasteiger partial charge in [-0.15, -0.1) is 0 Å². The highest BCUT2D eigenvalue weighted by atomic mass is 32.2. The average Bonchev–Trinajstić information content (AvgIpc) is 3.39. The molecule has 0 spiro atoms. The highest BCUT2D eigenvalue weighted by Crippen LogP contribution is 2.29. The predicted molar refractivity (Wildman–Crippen MR) is 85.4 cm³/mol. The summed E-state index contributed by atoms with van der Waals surface area (Å²) in [5.74, 6) is 1.34. The Bertz CT molecular complexity index is 640. The molecular weight excluding hydrogens is 320 g/mol. The van der Waals surface area contributed by atoms with Crippen LogP contribution >= 0.6 is 0 Å². The van der Waals surface area contributed by atoms with Crippen molar-refractivity contribution in [2.75, 3.05) is 32.2 Å². The predicted octanol–water partition coefficient (Wildman–Crippen LogP) is 0.544. The lowest BCUT2D eigenvalue weighted by Gasteiger charge is -2.33. The highest BCUT2D eigenvalue weighted by molar-refractivity contribution is 7.90. The van der Waals surface area contributed by atoms with E-state index in [-0.39, 0.29) is 11.3 Å². The van der Waals surface area contributed by atoms with E-state index in [0.717, 1.165) is 32.2 Å². The Morgan fingerprint density at radius 2 is 1.83 bits per heavy atom. The summed E-state index contributed by atoms with van der Waals surface area (Å²) in [6.45, 7) is 1.32. The molecule has 1 unspecified atom stereocenters. The van der Waals surface area contributed by atoms with Gasteiger partial charge in [0.1, 0.15) is 0 Å². The number of methoxy groups -OCH3 is 2. The van der Waals surface area contributed by atoms with E-state index in [9.17, 15) is 8.42 Å². The molecule has 2 aliphatic rings. The molecule has 1 aliphatic heterocycles. The topological polar surface area (TPSA) is 93.7 Å². The van der Waals surface area contributed by atoms with Gasteiger partial charge in [0.15, 0.2) is 0 Å². The fourth-order valence-electron chi connectivity index (χ4n) is 2.70. The first-order valence-electron chi connectivity index (χ1n) is 7.75. The number of sulfonamides is 1. The largest absolute Gasteiger partial charge is 0.481 e. The van der Waals surface area contributed by atoms with Gasteiger partial charge in [0.05, 0.1) is 25.5 Å². The molecule has 0 bridgehead atoms. The number of nitrogens with zero attached hydrogens (tertiary/aromatic N) is 3. The third-order valence-electron chi connectivity index (χ3n) is 4.08. The van der Waals surface area contributed by atoms with Crippen molar-refractivity contribution in [3.05, 3.63) is 6.07 Å². The molecule has 2 heterocycles. The van der Waals surface area contributed by atoms with E-state index < -0.39 is 10.0 Å². The maximum absolute atomic E-state index is 12.1. The summed E-state index contributed by atoms with van der Waals surface area (Å²) in [5.41, 5.74) is 0. The summed E-state index contributed by atoms with van der Waals surface area (Å²) in [6, 6.07) is 1.50. The van der Waals surface area contributed by atoms with Crippen molar-refractivity contribution in [1.29, 1.82) is 0 Å². The Morgan fingerprint density at radius 1 is 1.17 bits per heavy atom. The zero-order valence-corrected chi connectivity index (χ0v) is 14.2. The number of rotatable bonds is 6. The summed E-state index contributed by atoms with van der Waals surface area (Å²) in [7, 11) is -0.113. The van der Waals surface area contributed by atoms with Crippen molar-refractivity contribution >= 4 is 16.0 Å². The summed E-state index contributed by atoms with van der Waals surface area (Å²) >= 11 is 0. The SMILES string of the molecule is COc1cc(OC)nc(N2CCCC(NS(=O)(=O)C3CC3)C2)n1. The fourth-order valence-corrected chi connectivity index (χ4v) is 4.31. The third kappa shape index (κ3) is 3.84. The monoisotopic (exact) mass is 342 g/mol. The second-order valence-electron chi connectivity index (χ2n) is 5.90. The molecule has 1 atom stereocenters. The van der Waals surface area contributed by atoms with Gasteiger partial charge < -0.3 is 14.4 Å². The Kier molecular flexibility index (Phi) is 4.58. The van der Waals surface area contributed by atoms with Crippen molar-refractivity contribution in [2.45, 2.75) is 37.0 Å². The molecule has 128 valence electrons. The molecule has 0 radical (unpaired) electrons. The van der Waals surface area contributed by atoms with Crippen LogP contribution in [0.5, 0.6) is 11.8 Å². The van der Waals surface area contributed by atoms with Crippen LogP contribution in [-0.2, 0) is 10.0 Å². The van der Waals surface area contributed by atoms with Crippen molar-refractivity contribution in [2.24, 2.45) is 0 Å². The molecule has 1 aromatic rings. The molecule has 1 N–H and O–H groups in total. The van der Waals surface area contributed by atoms with E-state index in [1.54, 1.807) is 6.07 Å². The molecule has 1 saturated carbocycles. The van der Waals surface area contributed by atoms with E-state index in [2.05, 4.69) is 14.7 Å². The molecule has 1 aromatic heterocycles. The normalized spacial score (nSPS) is 22.0. The molecule has 8 nitrogen and oxygen atoms in total. The quantitative estimate of drug-likeness (QED) is 0.806. The lowest BCUT2D eigenvalue weighted by Crippen LogP contribution is -2.49. The Balaban J connectivity index is 1.73. The van der Waals surface area contributed by atoms with Gasteiger partial charge in [0.25, 0.3) is 0 Å². The lowest BCUT2D eigenvalue weighted by atomic mass is 10.1. The number of ether oxygens (including phenoxy) is 2. The minimum Gasteiger partial charge on any atom is -0.481 e. The van der Waals surface area contributed by atoms with Crippen LogP contribution in [0.1, 0.15) is 25.7 Å². The number of aromatic nitrogens is 2. The van der Waals surface area contributed by atoms with Gasteiger partial charge in [-0.1, -0.05) is 0 Å². The Hall–Kier alpha value is -1.61. The lowest BCUT2D eigenvalue weighted by molar-refractivity contribution is 0.369. The van der Waals surface area contributed by atoms with Crippen LogP contribution in [0, 0.1) is 0 Å². The first-order chi connectivity index (χ1) is 11.0. The highest BCUT2D eigenvalue weighted by Gasteiger charge is 2.37. The molecular formula is C14H22N4O4S. The zero-order chi connectivity index (χ0) is 16.4. The van der Waals surface area contributed by atoms with Gasteiger partial charge >= 0.3 is 0 Å². The van der Waals surface area contributed by atoms with E-state index in [0.29, 0.717) is 24.3 Å². The number of hydrogen-bond acceptors (Lipinski definition) is 7. The van der Waals surface area contributed by atoms with E-state index in [1.807, 2.05) is 4.90 Å². The van der Waals surface area contributed by atoms with Gasteiger partial charge in [0.2, 0.25) is 27.7 Å². The average molecular weight is 342 g/mol. The second kappa shape index (κ2) is 6.48. The van der Waals surface area contributed by atoms with Crippen LogP contribution in [0.3, 0.4) is 0 Å². The van der Waals surface area contributed by atoms with Crippen LogP contribution in [0.25, 0.3) is 0 Å².